The first-order valence-electron chi connectivity index (χ1n) is 8.75. The molecule has 2 N–H and O–H groups in total. The first-order valence-corrected chi connectivity index (χ1v) is 8.75. The summed E-state index contributed by atoms with van der Waals surface area (Å²) in [4.78, 5) is 22.6. The maximum absolute atomic E-state index is 11.4. The number of nitrogens with zero attached hydrogens (tertiary/aromatic N) is 3. The molecular weight excluding hydrogens is 332 g/mol. The molecular formula is C19H24N4O3. The van der Waals surface area contributed by atoms with Crippen LogP contribution in [-0.4, -0.2) is 41.0 Å². The summed E-state index contributed by atoms with van der Waals surface area (Å²) in [5.74, 6) is 2.27. The fraction of sp³-hybridized carbons (Fsp3) is 0.421. The molecule has 1 fully saturated rings. The third-order valence-electron chi connectivity index (χ3n) is 4.40. The Hall–Kier alpha value is -2.67. The molecule has 1 amide bonds. The number of methoxy groups -OCH3 is 1. The fourth-order valence-corrected chi connectivity index (χ4v) is 3.20. The Kier molecular flexibility index (Phi) is 5.68. The first kappa shape index (κ1) is 18.1. The highest BCUT2D eigenvalue weighted by molar-refractivity contribution is 5.76. The van der Waals surface area contributed by atoms with Crippen LogP contribution in [0, 0.1) is 6.92 Å². The molecule has 0 spiro atoms. The van der Waals surface area contributed by atoms with E-state index in [1.165, 1.54) is 0 Å². The number of aryl methyl sites for hydroxylation is 1. The number of amides is 1. The Morgan fingerprint density at radius 2 is 1.96 bits per heavy atom. The van der Waals surface area contributed by atoms with E-state index in [0.717, 1.165) is 37.3 Å². The molecule has 0 aliphatic carbocycles. The Morgan fingerprint density at radius 1 is 1.23 bits per heavy atom. The van der Waals surface area contributed by atoms with Crippen LogP contribution in [0.25, 0.3) is 0 Å². The summed E-state index contributed by atoms with van der Waals surface area (Å²) in [6.07, 6.45) is 3.02. The van der Waals surface area contributed by atoms with Crippen LogP contribution in [0.2, 0.25) is 0 Å². The summed E-state index contributed by atoms with van der Waals surface area (Å²) in [7, 11) is 1.62. The van der Waals surface area contributed by atoms with Gasteiger partial charge in [0, 0.05) is 11.8 Å². The van der Waals surface area contributed by atoms with Crippen LogP contribution in [0.1, 0.15) is 36.8 Å². The zero-order valence-corrected chi connectivity index (χ0v) is 15.1. The molecule has 2 aromatic rings. The predicted octanol–water partition coefficient (Wildman–Crippen LogP) is 2.60. The van der Waals surface area contributed by atoms with E-state index >= 15 is 0 Å². The van der Waals surface area contributed by atoms with Crippen molar-refractivity contribution in [1.29, 1.82) is 0 Å². The van der Waals surface area contributed by atoms with Crippen LogP contribution < -0.4 is 15.2 Å². The monoisotopic (exact) mass is 356 g/mol. The number of nitrogens with two attached hydrogens (primary N) is 1. The number of hydrogen-bond donors (Lipinski definition) is 1. The van der Waals surface area contributed by atoms with E-state index in [4.69, 9.17) is 15.2 Å². The summed E-state index contributed by atoms with van der Waals surface area (Å²) >= 11 is 0. The largest absolute Gasteiger partial charge is 0.497 e. The third kappa shape index (κ3) is 4.49. The second-order valence-corrected chi connectivity index (χ2v) is 6.43. The standard InChI is InChI=1S/C19H24N4O3/c1-13-11-18(26-15-8-6-14(25-2)7-9-15)22-19(21-13)16-5-3-4-10-23(16)12-17(20)24/h6-9,11,16H,3-5,10,12H2,1-2H3,(H2,20,24). The molecule has 0 saturated carbocycles. The average Bonchev–Trinajstić information content (AvgIpc) is 2.62. The highest BCUT2D eigenvalue weighted by atomic mass is 16.5. The van der Waals surface area contributed by atoms with Gasteiger partial charge in [-0.05, 0) is 50.6 Å². The minimum absolute atomic E-state index is 0.0191. The minimum Gasteiger partial charge on any atom is -0.497 e. The summed E-state index contributed by atoms with van der Waals surface area (Å²) in [6, 6.07) is 9.11. The van der Waals surface area contributed by atoms with Crippen molar-refractivity contribution >= 4 is 5.91 Å². The van der Waals surface area contributed by atoms with Gasteiger partial charge in [-0.2, -0.15) is 4.98 Å². The molecule has 7 heteroatoms. The summed E-state index contributed by atoms with van der Waals surface area (Å²) in [6.45, 7) is 2.95. The number of likely N-dealkylation sites (tertiary alicyclic amines) is 1. The van der Waals surface area contributed by atoms with Crippen LogP contribution in [-0.2, 0) is 4.79 Å². The zero-order valence-electron chi connectivity index (χ0n) is 15.1. The van der Waals surface area contributed by atoms with Crippen molar-refractivity contribution < 1.29 is 14.3 Å². The normalized spacial score (nSPS) is 17.7. The van der Waals surface area contributed by atoms with Crippen LogP contribution >= 0.6 is 0 Å². The first-order chi connectivity index (χ1) is 12.5. The van der Waals surface area contributed by atoms with Gasteiger partial charge in [0.05, 0.1) is 19.7 Å². The fourth-order valence-electron chi connectivity index (χ4n) is 3.20. The molecule has 1 aliphatic rings. The predicted molar refractivity (Wildman–Crippen MR) is 97.2 cm³/mol. The number of benzene rings is 1. The Balaban J connectivity index is 1.82. The minimum atomic E-state index is -0.334. The van der Waals surface area contributed by atoms with Crippen LogP contribution in [0.4, 0.5) is 0 Å². The average molecular weight is 356 g/mol. The van der Waals surface area contributed by atoms with E-state index in [2.05, 4.69) is 14.9 Å². The number of ether oxygens (including phenoxy) is 2. The van der Waals surface area contributed by atoms with Crippen molar-refractivity contribution in [2.75, 3.05) is 20.2 Å². The Bertz CT molecular complexity index is 764. The van der Waals surface area contributed by atoms with Crippen molar-refractivity contribution in [3.05, 3.63) is 41.9 Å². The Morgan fingerprint density at radius 3 is 2.65 bits per heavy atom. The molecule has 2 heterocycles. The second kappa shape index (κ2) is 8.14. The van der Waals surface area contributed by atoms with E-state index < -0.39 is 0 Å². The molecule has 26 heavy (non-hydrogen) atoms. The lowest BCUT2D eigenvalue weighted by atomic mass is 10.0. The molecule has 138 valence electrons. The number of piperidine rings is 1. The van der Waals surface area contributed by atoms with Crippen molar-refractivity contribution in [3.8, 4) is 17.4 Å². The summed E-state index contributed by atoms with van der Waals surface area (Å²) in [5.41, 5.74) is 6.22. The molecule has 1 unspecified atom stereocenters. The van der Waals surface area contributed by atoms with Gasteiger partial charge in [0.1, 0.15) is 17.3 Å². The molecule has 1 aliphatic heterocycles. The lowest BCUT2D eigenvalue weighted by molar-refractivity contribution is -0.120. The summed E-state index contributed by atoms with van der Waals surface area (Å²) in [5, 5.41) is 0. The van der Waals surface area contributed by atoms with E-state index in [9.17, 15) is 4.79 Å². The van der Waals surface area contributed by atoms with Gasteiger partial charge < -0.3 is 15.2 Å². The topological polar surface area (TPSA) is 90.6 Å². The number of carbonyl (C=O) groups excluding carboxylic acids is 1. The highest BCUT2D eigenvalue weighted by Crippen LogP contribution is 2.30. The molecule has 0 radical (unpaired) electrons. The maximum Gasteiger partial charge on any atom is 0.231 e. The van der Waals surface area contributed by atoms with Gasteiger partial charge in [-0.3, -0.25) is 9.69 Å². The number of hydrogen-bond acceptors (Lipinski definition) is 6. The van der Waals surface area contributed by atoms with E-state index in [1.54, 1.807) is 13.2 Å². The zero-order chi connectivity index (χ0) is 18.5. The van der Waals surface area contributed by atoms with Crippen LogP contribution in [0.15, 0.2) is 30.3 Å². The smallest absolute Gasteiger partial charge is 0.231 e. The SMILES string of the molecule is COc1ccc(Oc2cc(C)nc(C3CCCCN3CC(N)=O)n2)cc1. The molecule has 7 nitrogen and oxygen atoms in total. The number of aromatic nitrogens is 2. The maximum atomic E-state index is 11.4. The number of carbonyl (C=O) groups is 1. The van der Waals surface area contributed by atoms with Crippen LogP contribution in [0.3, 0.4) is 0 Å². The van der Waals surface area contributed by atoms with Crippen molar-refractivity contribution in [2.45, 2.75) is 32.2 Å². The van der Waals surface area contributed by atoms with Crippen molar-refractivity contribution in [2.24, 2.45) is 5.73 Å². The van der Waals surface area contributed by atoms with E-state index in [0.29, 0.717) is 17.5 Å². The van der Waals surface area contributed by atoms with Gasteiger partial charge in [-0.1, -0.05) is 6.42 Å². The van der Waals surface area contributed by atoms with Gasteiger partial charge in [0.15, 0.2) is 0 Å². The lowest BCUT2D eigenvalue weighted by Crippen LogP contribution is -2.40. The van der Waals surface area contributed by atoms with E-state index in [1.807, 2.05) is 31.2 Å². The molecule has 0 bridgehead atoms. The van der Waals surface area contributed by atoms with Crippen LogP contribution in [0.5, 0.6) is 17.4 Å². The third-order valence-corrected chi connectivity index (χ3v) is 4.40. The molecule has 3 rings (SSSR count). The van der Waals surface area contributed by atoms with Gasteiger partial charge in [0.2, 0.25) is 11.8 Å². The summed E-state index contributed by atoms with van der Waals surface area (Å²) < 4.78 is 11.0. The van der Waals surface area contributed by atoms with Gasteiger partial charge in [-0.15, -0.1) is 0 Å². The lowest BCUT2D eigenvalue weighted by Gasteiger charge is -2.33. The van der Waals surface area contributed by atoms with Gasteiger partial charge in [-0.25, -0.2) is 4.98 Å². The number of rotatable bonds is 6. The molecule has 1 aromatic carbocycles. The second-order valence-electron chi connectivity index (χ2n) is 6.43. The van der Waals surface area contributed by atoms with Gasteiger partial charge >= 0.3 is 0 Å². The van der Waals surface area contributed by atoms with E-state index in [-0.39, 0.29) is 18.5 Å². The van der Waals surface area contributed by atoms with Crippen molar-refractivity contribution in [1.82, 2.24) is 14.9 Å². The highest BCUT2D eigenvalue weighted by Gasteiger charge is 2.27. The molecule has 1 aromatic heterocycles. The number of primary amides is 1. The quantitative estimate of drug-likeness (QED) is 0.855. The molecule has 1 saturated heterocycles. The molecule has 1 atom stereocenters. The van der Waals surface area contributed by atoms with Gasteiger partial charge in [0.25, 0.3) is 0 Å². The van der Waals surface area contributed by atoms with Crippen molar-refractivity contribution in [3.63, 3.8) is 0 Å². The Labute approximate surface area is 153 Å².